The molecule has 88 valence electrons. The summed E-state index contributed by atoms with van der Waals surface area (Å²) in [5.41, 5.74) is 1.62. The predicted molar refractivity (Wildman–Crippen MR) is 62.6 cm³/mol. The summed E-state index contributed by atoms with van der Waals surface area (Å²) >= 11 is -4.05. The van der Waals surface area contributed by atoms with Crippen LogP contribution in [0.25, 0.3) is 0 Å². The molecule has 0 saturated heterocycles. The Balaban J connectivity index is 2.81. The molecule has 1 atom stereocenters. The summed E-state index contributed by atoms with van der Waals surface area (Å²) in [5, 5.41) is 0. The van der Waals surface area contributed by atoms with E-state index in [-0.39, 0.29) is 9.75 Å². The summed E-state index contributed by atoms with van der Waals surface area (Å²) in [6.07, 6.45) is 0.531. The molecule has 3 nitrogen and oxygen atoms in total. The molecule has 1 unspecified atom stereocenters. The van der Waals surface area contributed by atoms with Crippen LogP contribution in [0.5, 0.6) is 0 Å². The van der Waals surface area contributed by atoms with E-state index in [2.05, 4.69) is 0 Å². The van der Waals surface area contributed by atoms with Crippen LogP contribution in [-0.2, 0) is 12.6 Å². The van der Waals surface area contributed by atoms with Crippen LogP contribution in [0, 0.1) is 0 Å². The molecule has 0 amide bonds. The summed E-state index contributed by atoms with van der Waals surface area (Å²) in [5.74, 6) is 0.0231. The topological polar surface area (TPSA) is 51.2 Å². The maximum absolute atomic E-state index is 11.4. The molecule has 1 aromatic rings. The molecule has 16 heavy (non-hydrogen) atoms. The number of hydrogen-bond acceptors (Lipinski definition) is 3. The molecular weight excluding hydrogens is 320 g/mol. The van der Waals surface area contributed by atoms with Gasteiger partial charge >= 0.3 is 99.5 Å². The second-order valence-electron chi connectivity index (χ2n) is 4.10. The van der Waals surface area contributed by atoms with Gasteiger partial charge in [-0.3, -0.25) is 0 Å². The molecular formula is C12H16O3Te. The van der Waals surface area contributed by atoms with Crippen LogP contribution in [0.4, 0.5) is 0 Å². The molecule has 0 aromatic heterocycles. The summed E-state index contributed by atoms with van der Waals surface area (Å²) in [7, 11) is 0. The van der Waals surface area contributed by atoms with Gasteiger partial charge in [-0.05, 0) is 0 Å². The van der Waals surface area contributed by atoms with Gasteiger partial charge in [-0.25, -0.2) is 0 Å². The van der Waals surface area contributed by atoms with E-state index in [0.717, 1.165) is 5.56 Å². The molecule has 0 bridgehead atoms. The van der Waals surface area contributed by atoms with Crippen molar-refractivity contribution in [3.05, 3.63) is 35.4 Å². The molecule has 1 aromatic carbocycles. The zero-order valence-electron chi connectivity index (χ0n) is 9.73. The zero-order chi connectivity index (χ0) is 12.3. The third kappa shape index (κ3) is 3.69. The van der Waals surface area contributed by atoms with Crippen molar-refractivity contribution >= 4 is 23.9 Å². The monoisotopic (exact) mass is 338 g/mol. The van der Waals surface area contributed by atoms with Crippen molar-refractivity contribution in [3.8, 4) is 0 Å². The van der Waals surface area contributed by atoms with E-state index < -0.39 is 18.1 Å². The average molecular weight is 336 g/mol. The van der Waals surface area contributed by atoms with Gasteiger partial charge in [0, 0.05) is 0 Å². The van der Waals surface area contributed by atoms with Gasteiger partial charge in [-0.1, -0.05) is 0 Å². The van der Waals surface area contributed by atoms with E-state index in [1.165, 1.54) is 11.9 Å². The van der Waals surface area contributed by atoms with Crippen LogP contribution >= 0.6 is 0 Å². The Bertz CT molecular complexity index is 471. The van der Waals surface area contributed by atoms with Crippen LogP contribution in [0.2, 0.25) is 8.94 Å². The van der Waals surface area contributed by atoms with E-state index in [9.17, 15) is 11.0 Å². The molecule has 4 heteroatoms. The molecule has 0 radical (unpaired) electrons. The summed E-state index contributed by atoms with van der Waals surface area (Å²) in [6.45, 7) is 3.25. The SMILES string of the molecule is CC(=O)c1ccc(CC(C)[Te](C)(=O)=O)cc1. The maximum atomic E-state index is 11.4. The van der Waals surface area contributed by atoms with Crippen LogP contribution < -0.4 is 0 Å². The second-order valence-corrected chi connectivity index (χ2v) is 11.1. The van der Waals surface area contributed by atoms with Crippen molar-refractivity contribution in [1.29, 1.82) is 0 Å². The van der Waals surface area contributed by atoms with Crippen LogP contribution in [0.3, 0.4) is 0 Å². The summed E-state index contributed by atoms with van der Waals surface area (Å²) < 4.78 is 22.4. The van der Waals surface area contributed by atoms with Crippen LogP contribution in [-0.4, -0.2) is 23.9 Å². The number of hydrogen-bond donors (Lipinski definition) is 0. The first kappa shape index (κ1) is 13.3. The Morgan fingerprint density at radius 3 is 2.12 bits per heavy atom. The van der Waals surface area contributed by atoms with E-state index in [4.69, 9.17) is 0 Å². The number of carbonyl (C=O) groups excluding carboxylic acids is 1. The fourth-order valence-corrected chi connectivity index (χ4v) is 2.77. The van der Waals surface area contributed by atoms with Crippen molar-refractivity contribution in [2.45, 2.75) is 29.2 Å². The number of carbonyl (C=O) groups is 1. The molecule has 0 spiro atoms. The normalized spacial score (nSPS) is 13.4. The number of Topliss-reactive ketones (excluding diaryl/α,β-unsaturated/α-hetero) is 1. The molecule has 0 aliphatic rings. The van der Waals surface area contributed by atoms with E-state index in [1.54, 1.807) is 19.1 Å². The van der Waals surface area contributed by atoms with Gasteiger partial charge in [0.05, 0.1) is 0 Å². The zero-order valence-corrected chi connectivity index (χ0v) is 12.1. The number of benzene rings is 1. The van der Waals surface area contributed by atoms with E-state index in [0.29, 0.717) is 12.0 Å². The van der Waals surface area contributed by atoms with Crippen molar-refractivity contribution in [1.82, 2.24) is 0 Å². The van der Waals surface area contributed by atoms with Gasteiger partial charge in [0.15, 0.2) is 0 Å². The number of rotatable bonds is 4. The van der Waals surface area contributed by atoms with Gasteiger partial charge in [-0.15, -0.1) is 0 Å². The van der Waals surface area contributed by atoms with E-state index in [1.807, 2.05) is 12.1 Å². The predicted octanol–water partition coefficient (Wildman–Crippen LogP) is 2.75. The third-order valence-electron chi connectivity index (χ3n) is 2.61. The Morgan fingerprint density at radius 1 is 1.25 bits per heavy atom. The molecule has 0 heterocycles. The first-order valence-corrected chi connectivity index (χ1v) is 10.7. The van der Waals surface area contributed by atoms with Crippen molar-refractivity contribution in [2.24, 2.45) is 0 Å². The Labute approximate surface area is 99.4 Å². The first-order valence-electron chi connectivity index (χ1n) is 5.09. The molecule has 1 rings (SSSR count). The van der Waals surface area contributed by atoms with Crippen molar-refractivity contribution in [3.63, 3.8) is 0 Å². The molecule has 0 saturated carbocycles. The standard InChI is InChI=1S/C12H16O3Te/c1-9(16(3,14)15)8-11-4-6-12(7-5-11)10(2)13/h4-7,9H,8H2,1-3H3. The van der Waals surface area contributed by atoms with Gasteiger partial charge in [0.2, 0.25) is 0 Å². The van der Waals surface area contributed by atoms with E-state index >= 15 is 0 Å². The van der Waals surface area contributed by atoms with Gasteiger partial charge in [0.1, 0.15) is 0 Å². The van der Waals surface area contributed by atoms with Crippen molar-refractivity contribution < 1.29 is 11.0 Å². The van der Waals surface area contributed by atoms with Crippen LogP contribution in [0.15, 0.2) is 24.3 Å². The quantitative estimate of drug-likeness (QED) is 0.628. The van der Waals surface area contributed by atoms with Crippen molar-refractivity contribution in [2.75, 3.05) is 0 Å². The molecule has 0 aliphatic heterocycles. The summed E-state index contributed by atoms with van der Waals surface area (Å²) in [4.78, 5) is 12.4. The third-order valence-corrected chi connectivity index (χ3v) is 7.26. The summed E-state index contributed by atoms with van der Waals surface area (Å²) in [6, 6.07) is 7.12. The minimum atomic E-state index is -4.05. The second kappa shape index (κ2) is 5.07. The van der Waals surface area contributed by atoms with Gasteiger partial charge < -0.3 is 0 Å². The molecule has 0 aliphatic carbocycles. The van der Waals surface area contributed by atoms with Crippen LogP contribution in [0.1, 0.15) is 29.8 Å². The number of ketones is 1. The molecule has 0 N–H and O–H groups in total. The Hall–Kier alpha value is -0.720. The Morgan fingerprint density at radius 2 is 1.75 bits per heavy atom. The first-order chi connectivity index (χ1) is 7.30. The Kier molecular flexibility index (Phi) is 4.23. The minimum absolute atomic E-state index is 0.0231. The fraction of sp³-hybridized carbons (Fsp3) is 0.417. The average Bonchev–Trinajstić information content (AvgIpc) is 2.17. The van der Waals surface area contributed by atoms with Gasteiger partial charge in [-0.2, -0.15) is 0 Å². The molecule has 0 fully saturated rings. The van der Waals surface area contributed by atoms with Gasteiger partial charge in [0.25, 0.3) is 0 Å². The fourth-order valence-electron chi connectivity index (χ4n) is 1.36.